The van der Waals surface area contributed by atoms with Gasteiger partial charge < -0.3 is 5.11 Å². The van der Waals surface area contributed by atoms with Gasteiger partial charge in [0.2, 0.25) is 0 Å². The zero-order chi connectivity index (χ0) is 14.4. The van der Waals surface area contributed by atoms with Crippen LogP contribution in [0.2, 0.25) is 0 Å². The van der Waals surface area contributed by atoms with Gasteiger partial charge in [0.05, 0.1) is 12.0 Å². The third kappa shape index (κ3) is 3.40. The van der Waals surface area contributed by atoms with E-state index in [9.17, 15) is 9.90 Å². The molecule has 0 amide bonds. The first-order valence-electron chi connectivity index (χ1n) is 7.16. The van der Waals surface area contributed by atoms with Crippen LogP contribution >= 0.6 is 0 Å². The minimum Gasteiger partial charge on any atom is -0.481 e. The molecule has 1 aromatic rings. The predicted molar refractivity (Wildman–Crippen MR) is 79.4 cm³/mol. The zero-order valence-corrected chi connectivity index (χ0v) is 11.9. The van der Waals surface area contributed by atoms with E-state index in [-0.39, 0.29) is 0 Å². The van der Waals surface area contributed by atoms with E-state index in [1.54, 1.807) is 0 Å². The van der Waals surface area contributed by atoms with Crippen molar-refractivity contribution in [1.29, 1.82) is 0 Å². The number of carboxylic acids is 1. The highest BCUT2D eigenvalue weighted by atomic mass is 16.4. The number of rotatable bonds is 3. The van der Waals surface area contributed by atoms with Crippen LogP contribution in [0.5, 0.6) is 0 Å². The van der Waals surface area contributed by atoms with Gasteiger partial charge in [0.15, 0.2) is 0 Å². The molecule has 0 aliphatic carbocycles. The van der Waals surface area contributed by atoms with Crippen LogP contribution in [-0.2, 0) is 4.79 Å². The van der Waals surface area contributed by atoms with Crippen molar-refractivity contribution in [3.8, 4) is 11.8 Å². The molecule has 106 valence electrons. The summed E-state index contributed by atoms with van der Waals surface area (Å²) in [6.45, 7) is 4.33. The fourth-order valence-electron chi connectivity index (χ4n) is 2.63. The van der Waals surface area contributed by atoms with E-state index in [0.717, 1.165) is 31.5 Å². The monoisotopic (exact) mass is 271 g/mol. The summed E-state index contributed by atoms with van der Waals surface area (Å²) in [5.41, 5.74) is 0.515. The Bertz CT molecular complexity index is 505. The number of hydrogen-bond donors (Lipinski definition) is 1. The van der Waals surface area contributed by atoms with Crippen LogP contribution in [0.3, 0.4) is 0 Å². The Balaban J connectivity index is 1.86. The van der Waals surface area contributed by atoms with Crippen molar-refractivity contribution in [2.45, 2.75) is 26.2 Å². The summed E-state index contributed by atoms with van der Waals surface area (Å²) in [5.74, 6) is 5.67. The Morgan fingerprint density at radius 1 is 1.30 bits per heavy atom. The summed E-state index contributed by atoms with van der Waals surface area (Å²) < 4.78 is 0. The van der Waals surface area contributed by atoms with Gasteiger partial charge in [-0.3, -0.25) is 9.69 Å². The smallest absolute Gasteiger partial charge is 0.309 e. The summed E-state index contributed by atoms with van der Waals surface area (Å²) in [6.07, 6.45) is 2.17. The third-order valence-corrected chi connectivity index (χ3v) is 4.25. The maximum Gasteiger partial charge on any atom is 0.309 e. The molecule has 1 aliphatic heterocycles. The number of aliphatic carboxylic acids is 1. The highest BCUT2D eigenvalue weighted by Gasteiger charge is 2.39. The Hall–Kier alpha value is -1.79. The molecule has 20 heavy (non-hydrogen) atoms. The largest absolute Gasteiger partial charge is 0.481 e. The number of nitrogens with zero attached hydrogens (tertiary/aromatic N) is 1. The molecule has 3 heteroatoms. The summed E-state index contributed by atoms with van der Waals surface area (Å²) in [7, 11) is 0. The summed E-state index contributed by atoms with van der Waals surface area (Å²) in [6, 6.07) is 9.93. The zero-order valence-electron chi connectivity index (χ0n) is 11.9. The van der Waals surface area contributed by atoms with Crippen LogP contribution in [0.25, 0.3) is 0 Å². The molecular weight excluding hydrogens is 250 g/mol. The predicted octanol–water partition coefficient (Wildman–Crippen LogP) is 2.61. The molecule has 1 fully saturated rings. The first kappa shape index (κ1) is 14.6. The average Bonchev–Trinajstić information content (AvgIpc) is 2.49. The number of likely N-dealkylation sites (tertiary alicyclic amines) is 1. The molecule has 1 aromatic carbocycles. The molecule has 3 nitrogen and oxygen atoms in total. The fraction of sp³-hybridized carbons (Fsp3) is 0.471. The standard InChI is InChI=1S/C17H21NO2/c1-2-17(16(19)20)10-13-18(14-11-17)12-6-9-15-7-4-3-5-8-15/h3-5,7-8H,2,10-14H2,1H3,(H,19,20). The summed E-state index contributed by atoms with van der Waals surface area (Å²) in [4.78, 5) is 13.6. The second-order valence-electron chi connectivity index (χ2n) is 5.38. The van der Waals surface area contributed by atoms with Gasteiger partial charge in [-0.25, -0.2) is 0 Å². The Morgan fingerprint density at radius 2 is 1.95 bits per heavy atom. The topological polar surface area (TPSA) is 40.5 Å². The van der Waals surface area contributed by atoms with E-state index in [4.69, 9.17) is 0 Å². The molecule has 0 atom stereocenters. The van der Waals surface area contributed by atoms with E-state index in [2.05, 4.69) is 16.7 Å². The highest BCUT2D eigenvalue weighted by Crippen LogP contribution is 2.34. The molecular formula is C17H21NO2. The lowest BCUT2D eigenvalue weighted by Crippen LogP contribution is -2.44. The molecule has 0 saturated carbocycles. The maximum atomic E-state index is 11.4. The summed E-state index contributed by atoms with van der Waals surface area (Å²) in [5, 5.41) is 9.35. The highest BCUT2D eigenvalue weighted by molar-refractivity contribution is 5.74. The van der Waals surface area contributed by atoms with Gasteiger partial charge in [-0.1, -0.05) is 37.0 Å². The van der Waals surface area contributed by atoms with Crippen molar-refractivity contribution >= 4 is 5.97 Å². The van der Waals surface area contributed by atoms with Gasteiger partial charge in [-0.2, -0.15) is 0 Å². The van der Waals surface area contributed by atoms with E-state index >= 15 is 0 Å². The quantitative estimate of drug-likeness (QED) is 0.859. The van der Waals surface area contributed by atoms with Crippen LogP contribution in [0.15, 0.2) is 30.3 Å². The SMILES string of the molecule is CCC1(C(=O)O)CCN(CC#Cc2ccccc2)CC1. The van der Waals surface area contributed by atoms with Gasteiger partial charge in [0, 0.05) is 18.7 Å². The normalized spacial score (nSPS) is 18.1. The van der Waals surface area contributed by atoms with E-state index in [1.807, 2.05) is 37.3 Å². The maximum absolute atomic E-state index is 11.4. The Kier molecular flexibility index (Phi) is 4.81. The van der Waals surface area contributed by atoms with Crippen molar-refractivity contribution in [2.24, 2.45) is 5.41 Å². The Morgan fingerprint density at radius 3 is 2.50 bits per heavy atom. The molecule has 0 radical (unpaired) electrons. The molecule has 0 unspecified atom stereocenters. The van der Waals surface area contributed by atoms with Crippen LogP contribution in [-0.4, -0.2) is 35.6 Å². The number of carboxylic acid groups (broad SMARTS) is 1. The van der Waals surface area contributed by atoms with Gasteiger partial charge >= 0.3 is 5.97 Å². The molecule has 1 N–H and O–H groups in total. The van der Waals surface area contributed by atoms with Gasteiger partial charge in [0.25, 0.3) is 0 Å². The number of benzene rings is 1. The van der Waals surface area contributed by atoms with Crippen LogP contribution < -0.4 is 0 Å². The van der Waals surface area contributed by atoms with Crippen LogP contribution in [0, 0.1) is 17.3 Å². The lowest BCUT2D eigenvalue weighted by atomic mass is 9.76. The number of carbonyl (C=O) groups is 1. The van der Waals surface area contributed by atoms with Gasteiger partial charge in [-0.15, -0.1) is 0 Å². The molecule has 1 saturated heterocycles. The third-order valence-electron chi connectivity index (χ3n) is 4.25. The number of hydrogen-bond acceptors (Lipinski definition) is 2. The second-order valence-corrected chi connectivity index (χ2v) is 5.38. The average molecular weight is 271 g/mol. The first-order chi connectivity index (χ1) is 9.66. The van der Waals surface area contributed by atoms with Gasteiger partial charge in [0.1, 0.15) is 0 Å². The van der Waals surface area contributed by atoms with E-state index in [0.29, 0.717) is 13.0 Å². The molecule has 1 aliphatic rings. The van der Waals surface area contributed by atoms with Crippen molar-refractivity contribution in [2.75, 3.05) is 19.6 Å². The van der Waals surface area contributed by atoms with Crippen molar-refractivity contribution in [3.63, 3.8) is 0 Å². The van der Waals surface area contributed by atoms with E-state index in [1.165, 1.54) is 0 Å². The Labute approximate surface area is 120 Å². The molecule has 1 heterocycles. The lowest BCUT2D eigenvalue weighted by molar-refractivity contribution is -0.152. The van der Waals surface area contributed by atoms with Crippen LogP contribution in [0.4, 0.5) is 0 Å². The molecule has 2 rings (SSSR count). The second kappa shape index (κ2) is 6.58. The van der Waals surface area contributed by atoms with Gasteiger partial charge in [-0.05, 0) is 31.4 Å². The fourth-order valence-corrected chi connectivity index (χ4v) is 2.63. The lowest BCUT2D eigenvalue weighted by Gasteiger charge is -2.37. The van der Waals surface area contributed by atoms with E-state index < -0.39 is 11.4 Å². The van der Waals surface area contributed by atoms with Crippen molar-refractivity contribution in [3.05, 3.63) is 35.9 Å². The molecule has 0 aromatic heterocycles. The molecule has 0 bridgehead atoms. The van der Waals surface area contributed by atoms with Crippen molar-refractivity contribution < 1.29 is 9.90 Å². The minimum absolute atomic E-state index is 0.511. The molecule has 0 spiro atoms. The number of piperidine rings is 1. The first-order valence-corrected chi connectivity index (χ1v) is 7.16. The van der Waals surface area contributed by atoms with Crippen molar-refractivity contribution in [1.82, 2.24) is 4.90 Å². The summed E-state index contributed by atoms with van der Waals surface area (Å²) >= 11 is 0. The minimum atomic E-state index is -0.644. The van der Waals surface area contributed by atoms with Crippen LogP contribution in [0.1, 0.15) is 31.7 Å².